The van der Waals surface area contributed by atoms with E-state index in [1.807, 2.05) is 26.2 Å². The molecule has 0 aromatic heterocycles. The van der Waals surface area contributed by atoms with Crippen molar-refractivity contribution in [3.8, 4) is 0 Å². The molecule has 1 aromatic carbocycles. The van der Waals surface area contributed by atoms with Crippen molar-refractivity contribution in [2.24, 2.45) is 4.99 Å². The Morgan fingerprint density at radius 3 is 2.36 bits per heavy atom. The standard InChI is InChI=1S/C12H18N2/c1-9(2)10-7-6-8-11(13-3)12(10)14(4)5/h6-9H,3H2,1-2,4-5H3. The van der Waals surface area contributed by atoms with Crippen molar-refractivity contribution in [2.45, 2.75) is 19.8 Å². The molecule has 0 fully saturated rings. The first-order chi connectivity index (χ1) is 6.57. The van der Waals surface area contributed by atoms with E-state index in [1.165, 1.54) is 11.3 Å². The first-order valence-corrected chi connectivity index (χ1v) is 4.85. The van der Waals surface area contributed by atoms with Gasteiger partial charge in [-0.25, -0.2) is 0 Å². The molecule has 1 aromatic rings. The monoisotopic (exact) mass is 190 g/mol. The van der Waals surface area contributed by atoms with Crippen LogP contribution in [0.15, 0.2) is 23.2 Å². The number of benzene rings is 1. The molecule has 76 valence electrons. The van der Waals surface area contributed by atoms with Gasteiger partial charge in [-0.2, -0.15) is 0 Å². The summed E-state index contributed by atoms with van der Waals surface area (Å²) >= 11 is 0. The van der Waals surface area contributed by atoms with E-state index < -0.39 is 0 Å². The molecule has 0 aliphatic heterocycles. The summed E-state index contributed by atoms with van der Waals surface area (Å²) in [6.45, 7) is 7.98. The number of anilines is 1. The number of hydrogen-bond donors (Lipinski definition) is 0. The molecular weight excluding hydrogens is 172 g/mol. The molecule has 0 heterocycles. The van der Waals surface area contributed by atoms with Crippen molar-refractivity contribution >= 4 is 18.1 Å². The Morgan fingerprint density at radius 2 is 1.93 bits per heavy atom. The second-order valence-corrected chi connectivity index (χ2v) is 3.92. The Hall–Kier alpha value is -1.31. The predicted octanol–water partition coefficient (Wildman–Crippen LogP) is 3.21. The molecular formula is C12H18N2. The van der Waals surface area contributed by atoms with Gasteiger partial charge in [0.05, 0.1) is 11.4 Å². The van der Waals surface area contributed by atoms with Crippen LogP contribution in [0.1, 0.15) is 25.3 Å². The van der Waals surface area contributed by atoms with Gasteiger partial charge < -0.3 is 4.90 Å². The fourth-order valence-corrected chi connectivity index (χ4v) is 1.63. The van der Waals surface area contributed by atoms with Crippen LogP contribution >= 0.6 is 0 Å². The highest BCUT2D eigenvalue weighted by Crippen LogP contribution is 2.34. The molecule has 0 spiro atoms. The van der Waals surface area contributed by atoms with Gasteiger partial charge >= 0.3 is 0 Å². The van der Waals surface area contributed by atoms with Crippen molar-refractivity contribution < 1.29 is 0 Å². The highest BCUT2D eigenvalue weighted by atomic mass is 15.1. The fraction of sp³-hybridized carbons (Fsp3) is 0.417. The summed E-state index contributed by atoms with van der Waals surface area (Å²) in [4.78, 5) is 6.14. The molecule has 0 aliphatic carbocycles. The van der Waals surface area contributed by atoms with E-state index in [4.69, 9.17) is 0 Å². The zero-order valence-electron chi connectivity index (χ0n) is 9.41. The average Bonchev–Trinajstić information content (AvgIpc) is 2.16. The Morgan fingerprint density at radius 1 is 1.29 bits per heavy atom. The molecule has 0 saturated carbocycles. The summed E-state index contributed by atoms with van der Waals surface area (Å²) in [7, 11) is 4.08. The molecule has 14 heavy (non-hydrogen) atoms. The number of rotatable bonds is 3. The lowest BCUT2D eigenvalue weighted by Crippen LogP contribution is -2.12. The van der Waals surface area contributed by atoms with Gasteiger partial charge in [0.1, 0.15) is 0 Å². The maximum Gasteiger partial charge on any atom is 0.0858 e. The Bertz CT molecular complexity index is 327. The van der Waals surface area contributed by atoms with Gasteiger partial charge in [-0.15, -0.1) is 0 Å². The maximum absolute atomic E-state index is 4.04. The van der Waals surface area contributed by atoms with Crippen molar-refractivity contribution in [3.63, 3.8) is 0 Å². The molecule has 0 radical (unpaired) electrons. The topological polar surface area (TPSA) is 15.6 Å². The van der Waals surface area contributed by atoms with Gasteiger partial charge in [0.25, 0.3) is 0 Å². The summed E-state index contributed by atoms with van der Waals surface area (Å²) in [6.07, 6.45) is 0. The van der Waals surface area contributed by atoms with Gasteiger partial charge in [0, 0.05) is 14.1 Å². The zero-order valence-corrected chi connectivity index (χ0v) is 9.41. The number of nitrogens with zero attached hydrogens (tertiary/aromatic N) is 2. The lowest BCUT2D eigenvalue weighted by atomic mass is 9.99. The van der Waals surface area contributed by atoms with E-state index in [-0.39, 0.29) is 0 Å². The smallest absolute Gasteiger partial charge is 0.0858 e. The van der Waals surface area contributed by atoms with E-state index in [2.05, 4.69) is 36.5 Å². The van der Waals surface area contributed by atoms with Crippen LogP contribution in [0.2, 0.25) is 0 Å². The molecule has 0 unspecified atom stereocenters. The fourth-order valence-electron chi connectivity index (χ4n) is 1.63. The van der Waals surface area contributed by atoms with Crippen LogP contribution in [0, 0.1) is 0 Å². The number of hydrogen-bond acceptors (Lipinski definition) is 2. The van der Waals surface area contributed by atoms with Crippen molar-refractivity contribution in [3.05, 3.63) is 23.8 Å². The lowest BCUT2D eigenvalue weighted by Gasteiger charge is -2.21. The minimum absolute atomic E-state index is 0.508. The molecule has 1 rings (SSSR count). The Balaban J connectivity index is 3.35. The molecule has 2 heteroatoms. The van der Waals surface area contributed by atoms with Crippen LogP contribution in [0.4, 0.5) is 11.4 Å². The average molecular weight is 190 g/mol. The van der Waals surface area contributed by atoms with E-state index in [9.17, 15) is 0 Å². The minimum Gasteiger partial charge on any atom is -0.376 e. The largest absolute Gasteiger partial charge is 0.376 e. The number of aliphatic imine (C=N–C) groups is 1. The van der Waals surface area contributed by atoms with Gasteiger partial charge in [-0.3, -0.25) is 4.99 Å². The molecule has 0 aliphatic rings. The molecule has 0 atom stereocenters. The Kier molecular flexibility index (Phi) is 3.28. The third-order valence-electron chi connectivity index (χ3n) is 2.29. The third-order valence-corrected chi connectivity index (χ3v) is 2.29. The van der Waals surface area contributed by atoms with Crippen LogP contribution in [0.5, 0.6) is 0 Å². The lowest BCUT2D eigenvalue weighted by molar-refractivity contribution is 0.859. The van der Waals surface area contributed by atoms with E-state index in [0.717, 1.165) is 5.69 Å². The second kappa shape index (κ2) is 4.27. The van der Waals surface area contributed by atoms with Crippen LogP contribution in [0.3, 0.4) is 0 Å². The maximum atomic E-state index is 4.04. The summed E-state index contributed by atoms with van der Waals surface area (Å²) in [5.74, 6) is 0.508. The zero-order chi connectivity index (χ0) is 10.7. The van der Waals surface area contributed by atoms with Crippen molar-refractivity contribution in [2.75, 3.05) is 19.0 Å². The van der Waals surface area contributed by atoms with Crippen LogP contribution < -0.4 is 4.90 Å². The molecule has 0 saturated heterocycles. The molecule has 2 nitrogen and oxygen atoms in total. The highest BCUT2D eigenvalue weighted by molar-refractivity contribution is 5.72. The molecule has 0 amide bonds. The quantitative estimate of drug-likeness (QED) is 0.668. The first-order valence-electron chi connectivity index (χ1n) is 4.85. The second-order valence-electron chi connectivity index (χ2n) is 3.92. The summed E-state index contributed by atoms with van der Waals surface area (Å²) < 4.78 is 0. The summed E-state index contributed by atoms with van der Waals surface area (Å²) in [6, 6.07) is 6.18. The summed E-state index contributed by atoms with van der Waals surface area (Å²) in [5.41, 5.74) is 3.46. The van der Waals surface area contributed by atoms with Crippen LogP contribution in [0.25, 0.3) is 0 Å². The van der Waals surface area contributed by atoms with E-state index in [0.29, 0.717) is 5.92 Å². The molecule has 0 bridgehead atoms. The normalized spacial score (nSPS) is 10.4. The third kappa shape index (κ3) is 1.95. The van der Waals surface area contributed by atoms with Gasteiger partial charge in [0.2, 0.25) is 0 Å². The predicted molar refractivity (Wildman–Crippen MR) is 64.1 cm³/mol. The Labute approximate surface area is 86.3 Å². The van der Waals surface area contributed by atoms with Crippen LogP contribution in [-0.2, 0) is 0 Å². The first kappa shape index (κ1) is 10.8. The number of para-hydroxylation sites is 1. The van der Waals surface area contributed by atoms with Gasteiger partial charge in [-0.1, -0.05) is 26.0 Å². The van der Waals surface area contributed by atoms with E-state index in [1.54, 1.807) is 0 Å². The summed E-state index contributed by atoms with van der Waals surface area (Å²) in [5, 5.41) is 0. The highest BCUT2D eigenvalue weighted by Gasteiger charge is 2.11. The SMILES string of the molecule is C=Nc1cccc(C(C)C)c1N(C)C. The van der Waals surface area contributed by atoms with E-state index >= 15 is 0 Å². The van der Waals surface area contributed by atoms with Crippen molar-refractivity contribution in [1.82, 2.24) is 0 Å². The van der Waals surface area contributed by atoms with Gasteiger partial charge in [0.15, 0.2) is 0 Å². The van der Waals surface area contributed by atoms with Crippen molar-refractivity contribution in [1.29, 1.82) is 0 Å². The van der Waals surface area contributed by atoms with Crippen LogP contribution in [-0.4, -0.2) is 20.8 Å². The van der Waals surface area contributed by atoms with Gasteiger partial charge in [-0.05, 0) is 24.3 Å². The molecule has 0 N–H and O–H groups in total. The minimum atomic E-state index is 0.508.